The van der Waals surface area contributed by atoms with Crippen LogP contribution >= 0.6 is 0 Å². The summed E-state index contributed by atoms with van der Waals surface area (Å²) >= 11 is 0. The molecule has 0 radical (unpaired) electrons. The highest BCUT2D eigenvalue weighted by Crippen LogP contribution is 2.62. The monoisotopic (exact) mass is 589 g/mol. The molecule has 0 bridgehead atoms. The van der Waals surface area contributed by atoms with Gasteiger partial charge in [-0.05, 0) is 81.9 Å². The fourth-order valence-corrected chi connectivity index (χ4v) is 7.83. The zero-order chi connectivity index (χ0) is 30.2. The lowest BCUT2D eigenvalue weighted by atomic mass is 9.66. The molecule has 1 aromatic heterocycles. The molecule has 46 heavy (non-hydrogen) atoms. The summed E-state index contributed by atoms with van der Waals surface area (Å²) < 4.78 is 12.9. The van der Waals surface area contributed by atoms with Gasteiger partial charge in [0.2, 0.25) is 0 Å². The maximum absolute atomic E-state index is 6.52. The normalized spacial score (nSPS) is 13.6. The molecule has 2 aliphatic rings. The number of ether oxygens (including phenoxy) is 1. The summed E-state index contributed by atoms with van der Waals surface area (Å²) in [4.78, 5) is 0. The standard InChI is InChI=1S/C43H27NO2/c1-2-11-27(12-3-1)28-21-24-38-32(25-28)42-37(17-10-20-41(42)45-38)44-29-22-23-31-30-13-4-5-14-33(30)43(36(31)26-29)34-15-6-8-18-39(34)46-40-19-9-7-16-35(40)43/h1-26,44H. The fraction of sp³-hybridized carbons (Fsp3) is 0.0233. The molecule has 0 atom stereocenters. The first-order chi connectivity index (χ1) is 22.8. The van der Waals surface area contributed by atoms with Crippen LogP contribution in [0.2, 0.25) is 0 Å². The van der Waals surface area contributed by atoms with Crippen molar-refractivity contribution in [2.24, 2.45) is 0 Å². The number of anilines is 2. The summed E-state index contributed by atoms with van der Waals surface area (Å²) in [6.07, 6.45) is 0. The van der Waals surface area contributed by atoms with Crippen LogP contribution in [-0.4, -0.2) is 0 Å². The third kappa shape index (κ3) is 3.43. The lowest BCUT2D eigenvalue weighted by molar-refractivity contribution is 0.436. The van der Waals surface area contributed by atoms with Gasteiger partial charge in [0.25, 0.3) is 0 Å². The van der Waals surface area contributed by atoms with E-state index in [9.17, 15) is 0 Å². The number of fused-ring (bicyclic) bond motifs is 12. The second kappa shape index (κ2) is 9.47. The number of nitrogens with one attached hydrogen (secondary N) is 1. The van der Waals surface area contributed by atoms with Crippen LogP contribution in [0.25, 0.3) is 44.2 Å². The maximum Gasteiger partial charge on any atom is 0.137 e. The van der Waals surface area contributed by atoms with E-state index < -0.39 is 5.41 Å². The molecule has 1 aliphatic carbocycles. The molecule has 0 unspecified atom stereocenters. The van der Waals surface area contributed by atoms with E-state index in [1.165, 1.54) is 33.4 Å². The quantitative estimate of drug-likeness (QED) is 0.223. The first kappa shape index (κ1) is 25.3. The summed E-state index contributed by atoms with van der Waals surface area (Å²) in [5.41, 5.74) is 13.0. The van der Waals surface area contributed by atoms with E-state index in [0.29, 0.717) is 0 Å². The van der Waals surface area contributed by atoms with Gasteiger partial charge < -0.3 is 14.5 Å². The number of benzene rings is 7. The smallest absolute Gasteiger partial charge is 0.137 e. The minimum Gasteiger partial charge on any atom is -0.457 e. The van der Waals surface area contributed by atoms with Gasteiger partial charge in [0.05, 0.1) is 16.5 Å². The number of hydrogen-bond donors (Lipinski definition) is 1. The molecule has 3 nitrogen and oxygen atoms in total. The summed E-state index contributed by atoms with van der Waals surface area (Å²) in [6.45, 7) is 0. The molecule has 0 saturated carbocycles. The molecular formula is C43H27NO2. The highest BCUT2D eigenvalue weighted by molar-refractivity contribution is 6.13. The van der Waals surface area contributed by atoms with Crippen LogP contribution in [0.15, 0.2) is 162 Å². The Hall–Kier alpha value is -6.06. The van der Waals surface area contributed by atoms with Crippen molar-refractivity contribution in [1.29, 1.82) is 0 Å². The molecule has 8 aromatic rings. The van der Waals surface area contributed by atoms with E-state index in [2.05, 4.69) is 151 Å². The Labute approximate surface area is 266 Å². The summed E-state index contributed by atoms with van der Waals surface area (Å²) in [5.74, 6) is 1.79. The molecule has 1 aliphatic heterocycles. The molecule has 10 rings (SSSR count). The zero-order valence-corrected chi connectivity index (χ0v) is 24.8. The number of rotatable bonds is 3. The van der Waals surface area contributed by atoms with Crippen molar-refractivity contribution >= 4 is 33.3 Å². The molecule has 0 amide bonds. The van der Waals surface area contributed by atoms with Gasteiger partial charge in [-0.1, -0.05) is 109 Å². The summed E-state index contributed by atoms with van der Waals surface area (Å²) in [5, 5.41) is 5.99. The van der Waals surface area contributed by atoms with Crippen molar-refractivity contribution in [3.63, 3.8) is 0 Å². The predicted octanol–water partition coefficient (Wildman–Crippen LogP) is 11.5. The molecule has 3 heteroatoms. The Kier molecular flexibility index (Phi) is 5.20. The second-order valence-electron chi connectivity index (χ2n) is 12.1. The van der Waals surface area contributed by atoms with Crippen molar-refractivity contribution in [3.05, 3.63) is 180 Å². The molecule has 0 fully saturated rings. The van der Waals surface area contributed by atoms with Crippen molar-refractivity contribution < 1.29 is 9.15 Å². The van der Waals surface area contributed by atoms with E-state index in [4.69, 9.17) is 9.15 Å². The van der Waals surface area contributed by atoms with Crippen molar-refractivity contribution in [3.8, 4) is 33.8 Å². The van der Waals surface area contributed by atoms with Crippen molar-refractivity contribution in [1.82, 2.24) is 0 Å². The lowest BCUT2D eigenvalue weighted by Gasteiger charge is -2.39. The molecular weight excluding hydrogens is 562 g/mol. The van der Waals surface area contributed by atoms with E-state index in [1.807, 2.05) is 12.1 Å². The van der Waals surface area contributed by atoms with E-state index in [1.54, 1.807) is 0 Å². The topological polar surface area (TPSA) is 34.4 Å². The Balaban J connectivity index is 1.18. The van der Waals surface area contributed by atoms with Gasteiger partial charge in [-0.2, -0.15) is 0 Å². The molecule has 1 spiro atoms. The fourth-order valence-electron chi connectivity index (χ4n) is 7.83. The van der Waals surface area contributed by atoms with Gasteiger partial charge >= 0.3 is 0 Å². The van der Waals surface area contributed by atoms with Gasteiger partial charge in [0.15, 0.2) is 0 Å². The molecule has 216 valence electrons. The van der Waals surface area contributed by atoms with Crippen LogP contribution in [-0.2, 0) is 5.41 Å². The van der Waals surface area contributed by atoms with Crippen LogP contribution in [0, 0.1) is 0 Å². The van der Waals surface area contributed by atoms with Crippen molar-refractivity contribution in [2.45, 2.75) is 5.41 Å². The largest absolute Gasteiger partial charge is 0.457 e. The van der Waals surface area contributed by atoms with Crippen LogP contribution in [0.1, 0.15) is 22.3 Å². The van der Waals surface area contributed by atoms with Gasteiger partial charge in [-0.25, -0.2) is 0 Å². The Bertz CT molecular complexity index is 2440. The van der Waals surface area contributed by atoms with Gasteiger partial charge in [0.1, 0.15) is 22.7 Å². The number of hydrogen-bond acceptors (Lipinski definition) is 3. The SMILES string of the molecule is c1ccc(-c2ccc3oc4cccc(Nc5ccc6c(c5)C5(c7ccccc7Oc7ccccc75)c5ccccc5-6)c4c3c2)cc1. The first-order valence-electron chi connectivity index (χ1n) is 15.7. The van der Waals surface area contributed by atoms with E-state index in [-0.39, 0.29) is 0 Å². The number of para-hydroxylation sites is 2. The van der Waals surface area contributed by atoms with Crippen LogP contribution < -0.4 is 10.1 Å². The van der Waals surface area contributed by atoms with Crippen LogP contribution in [0.4, 0.5) is 11.4 Å². The third-order valence-electron chi connectivity index (χ3n) is 9.73. The van der Waals surface area contributed by atoms with Gasteiger partial charge in [-0.15, -0.1) is 0 Å². The summed E-state index contributed by atoms with van der Waals surface area (Å²) in [7, 11) is 0. The van der Waals surface area contributed by atoms with Crippen LogP contribution in [0.3, 0.4) is 0 Å². The van der Waals surface area contributed by atoms with Gasteiger partial charge in [-0.3, -0.25) is 0 Å². The Morgan fingerprint density at radius 2 is 1.15 bits per heavy atom. The Morgan fingerprint density at radius 1 is 0.457 bits per heavy atom. The average molecular weight is 590 g/mol. The maximum atomic E-state index is 6.52. The third-order valence-corrected chi connectivity index (χ3v) is 9.73. The minimum atomic E-state index is -0.506. The van der Waals surface area contributed by atoms with Gasteiger partial charge in [0, 0.05) is 22.2 Å². The molecule has 1 N–H and O–H groups in total. The first-order valence-corrected chi connectivity index (χ1v) is 15.7. The highest BCUT2D eigenvalue weighted by atomic mass is 16.5. The lowest BCUT2D eigenvalue weighted by Crippen LogP contribution is -2.32. The zero-order valence-electron chi connectivity index (χ0n) is 24.8. The Morgan fingerprint density at radius 3 is 1.96 bits per heavy atom. The van der Waals surface area contributed by atoms with E-state index >= 15 is 0 Å². The average Bonchev–Trinajstić information content (AvgIpc) is 3.63. The van der Waals surface area contributed by atoms with E-state index in [0.717, 1.165) is 55.9 Å². The summed E-state index contributed by atoms with van der Waals surface area (Å²) in [6, 6.07) is 55.8. The van der Waals surface area contributed by atoms with Crippen molar-refractivity contribution in [2.75, 3.05) is 5.32 Å². The predicted molar refractivity (Wildman–Crippen MR) is 186 cm³/mol. The molecule has 7 aromatic carbocycles. The highest BCUT2D eigenvalue weighted by Gasteiger charge is 2.51. The molecule has 0 saturated heterocycles. The number of furan rings is 1. The van der Waals surface area contributed by atoms with Crippen LogP contribution in [0.5, 0.6) is 11.5 Å². The minimum absolute atomic E-state index is 0.506. The molecule has 2 heterocycles. The second-order valence-corrected chi connectivity index (χ2v) is 12.1.